The molecule has 0 heteroatoms. The van der Waals surface area contributed by atoms with Gasteiger partial charge in [-0.25, -0.2) is 0 Å². The van der Waals surface area contributed by atoms with E-state index < -0.39 is 0 Å². The van der Waals surface area contributed by atoms with E-state index in [2.05, 4.69) is 269 Å². The van der Waals surface area contributed by atoms with Crippen LogP contribution in [0, 0.1) is 0 Å². The smallest absolute Gasteiger partial charge is 0.0346 e. The lowest BCUT2D eigenvalue weighted by Crippen LogP contribution is -2.18. The molecule has 1 unspecified atom stereocenters. The lowest BCUT2D eigenvalue weighted by atomic mass is 9.76. The van der Waals surface area contributed by atoms with Crippen LogP contribution in [-0.4, -0.2) is 0 Å². The van der Waals surface area contributed by atoms with Crippen molar-refractivity contribution in [1.82, 2.24) is 0 Å². The van der Waals surface area contributed by atoms with Crippen molar-refractivity contribution in [2.45, 2.75) is 162 Å². The molecule has 0 radical (unpaired) electrons. The predicted molar refractivity (Wildman–Crippen MR) is 306 cm³/mol. The van der Waals surface area contributed by atoms with Gasteiger partial charge in [0.2, 0.25) is 0 Å². The SMILES string of the molecule is CC(C)(C)c1ccc(CC(c2ccc(C(C)(C)C)cc2)c2ccc3c(c2)C(C)(C)c2cc4c(cc2-3)C(C)(C)c2cc(C(c3ccc(C(C)(C)C)cc3)c3ccc(C(C)(C)C)cc3)c3ccccc3c2-4)cc1. The highest BCUT2D eigenvalue weighted by Crippen LogP contribution is 2.59. The van der Waals surface area contributed by atoms with Gasteiger partial charge in [-0.15, -0.1) is 0 Å². The molecule has 2 aliphatic carbocycles. The number of hydrogen-bond acceptors (Lipinski definition) is 0. The van der Waals surface area contributed by atoms with Crippen molar-refractivity contribution in [3.63, 3.8) is 0 Å². The molecule has 0 aliphatic heterocycles. The van der Waals surface area contributed by atoms with Crippen molar-refractivity contribution < 1.29 is 0 Å². The van der Waals surface area contributed by atoms with Crippen molar-refractivity contribution in [1.29, 1.82) is 0 Å². The topological polar surface area (TPSA) is 0 Å². The van der Waals surface area contributed by atoms with Crippen LogP contribution in [0.25, 0.3) is 33.0 Å². The Bertz CT molecular complexity index is 3240. The van der Waals surface area contributed by atoms with Crippen LogP contribution in [0.1, 0.15) is 201 Å². The maximum Gasteiger partial charge on any atom is 0.0346 e. The summed E-state index contributed by atoms with van der Waals surface area (Å²) in [4.78, 5) is 0. The third-order valence-electron chi connectivity index (χ3n) is 16.9. The quantitative estimate of drug-likeness (QED) is 0.140. The Hall–Kier alpha value is -5.98. The van der Waals surface area contributed by atoms with Gasteiger partial charge in [0.25, 0.3) is 0 Å². The summed E-state index contributed by atoms with van der Waals surface area (Å²) in [6.07, 6.45) is 0.949. The summed E-state index contributed by atoms with van der Waals surface area (Å²) < 4.78 is 0. The summed E-state index contributed by atoms with van der Waals surface area (Å²) in [5.74, 6) is 0.295. The third kappa shape index (κ3) is 8.52. The second-order valence-electron chi connectivity index (χ2n) is 26.7. The number of benzene rings is 8. The number of rotatable bonds is 7. The van der Waals surface area contributed by atoms with E-state index in [0.717, 1.165) is 6.42 Å². The van der Waals surface area contributed by atoms with E-state index in [0.29, 0.717) is 0 Å². The second kappa shape index (κ2) is 16.8. The fraction of sp³-hybridized carbons (Fsp3) is 0.352. The van der Waals surface area contributed by atoms with Crippen LogP contribution < -0.4 is 0 Å². The fourth-order valence-electron chi connectivity index (χ4n) is 12.2. The van der Waals surface area contributed by atoms with Gasteiger partial charge in [0.1, 0.15) is 0 Å². The Morgan fingerprint density at radius 3 is 1.24 bits per heavy atom. The van der Waals surface area contributed by atoms with Crippen molar-refractivity contribution in [2.75, 3.05) is 0 Å². The fourth-order valence-corrected chi connectivity index (χ4v) is 12.2. The van der Waals surface area contributed by atoms with Gasteiger partial charge >= 0.3 is 0 Å². The minimum atomic E-state index is -0.213. The minimum absolute atomic E-state index is 0.0702. The van der Waals surface area contributed by atoms with Gasteiger partial charge in [-0.3, -0.25) is 0 Å². The summed E-state index contributed by atoms with van der Waals surface area (Å²) >= 11 is 0. The molecular weight excluding hydrogens is 853 g/mol. The average Bonchev–Trinajstić information content (AvgIpc) is 3.67. The van der Waals surface area contributed by atoms with Crippen LogP contribution >= 0.6 is 0 Å². The van der Waals surface area contributed by atoms with E-state index in [1.54, 1.807) is 0 Å². The third-order valence-corrected chi connectivity index (χ3v) is 16.9. The molecule has 71 heavy (non-hydrogen) atoms. The van der Waals surface area contributed by atoms with Crippen molar-refractivity contribution in [2.24, 2.45) is 0 Å². The molecule has 0 bridgehead atoms. The first kappa shape index (κ1) is 48.6. The monoisotopic (exact) mass is 931 g/mol. The first-order valence-corrected chi connectivity index (χ1v) is 26.5. The Morgan fingerprint density at radius 1 is 0.352 bits per heavy atom. The Morgan fingerprint density at radius 2 is 0.746 bits per heavy atom. The summed E-state index contributed by atoms with van der Waals surface area (Å²) in [7, 11) is 0. The second-order valence-corrected chi connectivity index (χ2v) is 26.7. The highest BCUT2D eigenvalue weighted by atomic mass is 14.5. The molecule has 0 aromatic heterocycles. The first-order chi connectivity index (χ1) is 33.2. The minimum Gasteiger partial charge on any atom is -0.0616 e. The average molecular weight is 931 g/mol. The molecule has 0 N–H and O–H groups in total. The molecule has 10 rings (SSSR count). The molecule has 8 aromatic rings. The van der Waals surface area contributed by atoms with Gasteiger partial charge in [-0.2, -0.15) is 0 Å². The lowest BCUT2D eigenvalue weighted by Gasteiger charge is -2.28. The van der Waals surface area contributed by atoms with Gasteiger partial charge in [0.05, 0.1) is 0 Å². The van der Waals surface area contributed by atoms with E-state index in [4.69, 9.17) is 0 Å². The lowest BCUT2D eigenvalue weighted by molar-refractivity contribution is 0.589. The molecule has 2 aliphatic rings. The van der Waals surface area contributed by atoms with Crippen LogP contribution in [0.3, 0.4) is 0 Å². The molecule has 362 valence electrons. The molecule has 0 fully saturated rings. The van der Waals surface area contributed by atoms with E-state index in [-0.39, 0.29) is 44.3 Å². The van der Waals surface area contributed by atoms with Gasteiger partial charge < -0.3 is 0 Å². The number of hydrogen-bond donors (Lipinski definition) is 0. The van der Waals surface area contributed by atoms with Crippen molar-refractivity contribution in [3.8, 4) is 22.3 Å². The van der Waals surface area contributed by atoms with Crippen LogP contribution in [0.4, 0.5) is 0 Å². The van der Waals surface area contributed by atoms with Crippen LogP contribution in [-0.2, 0) is 38.9 Å². The molecule has 0 saturated carbocycles. The standard InChI is InChI=1S/C71H78/c1-66(2,3)49-30-21-44(22-31-49)39-56(45-23-32-50(33-24-45)67(4,5)6)48-29-38-54-57-41-62-59(43-61(57)70(13,14)60(54)40-48)65-55-20-18-17-19-53(55)58(42-63(65)71(62,15)16)64(46-25-34-51(35-26-46)68(7,8)9)47-27-36-52(37-28-47)69(10,11)12/h17-38,40-43,56,64H,39H2,1-16H3. The highest BCUT2D eigenvalue weighted by Gasteiger charge is 2.43. The molecule has 0 heterocycles. The molecule has 0 spiro atoms. The van der Waals surface area contributed by atoms with Gasteiger partial charge in [-0.05, 0) is 151 Å². The van der Waals surface area contributed by atoms with Gasteiger partial charge in [0, 0.05) is 22.7 Å². The predicted octanol–water partition coefficient (Wildman–Crippen LogP) is 19.2. The number of fused-ring (bicyclic) bond motifs is 8. The van der Waals surface area contributed by atoms with Gasteiger partial charge in [0.15, 0.2) is 0 Å². The molecular formula is C71H78. The maximum absolute atomic E-state index is 2.61. The zero-order chi connectivity index (χ0) is 50.8. The summed E-state index contributed by atoms with van der Waals surface area (Å²) in [5, 5.41) is 2.68. The zero-order valence-corrected chi connectivity index (χ0v) is 45.9. The van der Waals surface area contributed by atoms with Crippen LogP contribution in [0.15, 0.2) is 158 Å². The largest absolute Gasteiger partial charge is 0.0616 e. The van der Waals surface area contributed by atoms with E-state index in [1.165, 1.54) is 111 Å². The van der Waals surface area contributed by atoms with Crippen LogP contribution in [0.5, 0.6) is 0 Å². The van der Waals surface area contributed by atoms with E-state index >= 15 is 0 Å². The van der Waals surface area contributed by atoms with Gasteiger partial charge in [-0.1, -0.05) is 256 Å². The normalized spacial score (nSPS) is 15.4. The Labute approximate surface area is 428 Å². The van der Waals surface area contributed by atoms with E-state index in [1.807, 2.05) is 0 Å². The summed E-state index contributed by atoms with van der Waals surface area (Å²) in [5.41, 5.74) is 24.9. The molecule has 1 atom stereocenters. The summed E-state index contributed by atoms with van der Waals surface area (Å²) in [6.45, 7) is 37.6. The first-order valence-electron chi connectivity index (χ1n) is 26.5. The highest BCUT2D eigenvalue weighted by molar-refractivity contribution is 6.05. The maximum atomic E-state index is 2.61. The molecule has 0 amide bonds. The zero-order valence-electron chi connectivity index (χ0n) is 45.9. The van der Waals surface area contributed by atoms with Crippen LogP contribution in [0.2, 0.25) is 0 Å². The van der Waals surface area contributed by atoms with Crippen molar-refractivity contribution in [3.05, 3.63) is 236 Å². The molecule has 0 saturated heterocycles. The Balaban J connectivity index is 1.09. The molecule has 0 nitrogen and oxygen atoms in total. The Kier molecular flexibility index (Phi) is 11.5. The van der Waals surface area contributed by atoms with E-state index in [9.17, 15) is 0 Å². The van der Waals surface area contributed by atoms with Crippen molar-refractivity contribution >= 4 is 10.8 Å². The molecule has 8 aromatic carbocycles. The summed E-state index contributed by atoms with van der Waals surface area (Å²) in [6, 6.07) is 62.6.